The molecule has 1 N–H and O–H groups in total. The first kappa shape index (κ1) is 31.5. The molecule has 41 heavy (non-hydrogen) atoms. The van der Waals surface area contributed by atoms with Gasteiger partial charge in [0.2, 0.25) is 0 Å². The van der Waals surface area contributed by atoms with Crippen LogP contribution in [0.5, 0.6) is 11.5 Å². The van der Waals surface area contributed by atoms with Crippen molar-refractivity contribution in [3.05, 3.63) is 54.2 Å². The van der Waals surface area contributed by atoms with Gasteiger partial charge in [0.05, 0.1) is 25.9 Å². The molecule has 222 valence electrons. The molecule has 1 aromatic heterocycles. The first-order valence-electron chi connectivity index (χ1n) is 13.6. The van der Waals surface area contributed by atoms with Gasteiger partial charge >= 0.3 is 12.1 Å². The van der Waals surface area contributed by atoms with Gasteiger partial charge in [0, 0.05) is 23.3 Å². The number of anilines is 2. The lowest BCUT2D eigenvalue weighted by molar-refractivity contribution is -0.141. The number of methoxy groups -OCH3 is 1. The van der Waals surface area contributed by atoms with E-state index < -0.39 is 29.3 Å². The van der Waals surface area contributed by atoms with E-state index in [0.717, 1.165) is 10.4 Å². The number of nitrogens with zero attached hydrogens (tertiary/aromatic N) is 2. The lowest BCUT2D eigenvalue weighted by Gasteiger charge is -2.31. The second-order valence-corrected chi connectivity index (χ2v) is 11.3. The highest BCUT2D eigenvalue weighted by molar-refractivity contribution is 6.00. The zero-order valence-electron chi connectivity index (χ0n) is 25.4. The summed E-state index contributed by atoms with van der Waals surface area (Å²) < 4.78 is 22.1. The number of nitrogens with one attached hydrogen (secondary N) is 1. The number of esters is 1. The standard InChI is InChI=1S/C31H41N3O7/c1-10-38-23-17-21(18-24(19-23)39-11-2)26(28(35)37-9)33-22-12-13-25-20(16-22)14-15-32-27(25)34(41-31(6,7)8)29(36)40-30(3,4)5/h12-19,26,33H,10-11H2,1-9H3. The summed E-state index contributed by atoms with van der Waals surface area (Å²) >= 11 is 0. The van der Waals surface area contributed by atoms with Crippen molar-refractivity contribution in [2.75, 3.05) is 30.7 Å². The van der Waals surface area contributed by atoms with Crippen LogP contribution in [0.1, 0.15) is 67.0 Å². The van der Waals surface area contributed by atoms with Crippen LogP contribution in [0.25, 0.3) is 10.8 Å². The van der Waals surface area contributed by atoms with Crippen LogP contribution in [-0.2, 0) is 19.1 Å². The van der Waals surface area contributed by atoms with E-state index in [9.17, 15) is 9.59 Å². The largest absolute Gasteiger partial charge is 0.494 e. The summed E-state index contributed by atoms with van der Waals surface area (Å²) in [5, 5.41) is 5.77. The monoisotopic (exact) mass is 567 g/mol. The normalized spacial score (nSPS) is 12.4. The highest BCUT2D eigenvalue weighted by Gasteiger charge is 2.31. The Bertz CT molecular complexity index is 1340. The Hall–Kier alpha value is -4.05. The predicted octanol–water partition coefficient (Wildman–Crippen LogP) is 6.83. The van der Waals surface area contributed by atoms with Crippen molar-refractivity contribution in [1.29, 1.82) is 0 Å². The quantitative estimate of drug-likeness (QED) is 0.208. The van der Waals surface area contributed by atoms with Gasteiger partial charge in [-0.2, -0.15) is 0 Å². The van der Waals surface area contributed by atoms with Crippen LogP contribution in [0.3, 0.4) is 0 Å². The third-order valence-electron chi connectivity index (χ3n) is 5.47. The van der Waals surface area contributed by atoms with Crippen LogP contribution in [0.4, 0.5) is 16.3 Å². The molecule has 2 aromatic carbocycles. The third-order valence-corrected chi connectivity index (χ3v) is 5.47. The molecular weight excluding hydrogens is 526 g/mol. The van der Waals surface area contributed by atoms with Crippen LogP contribution in [-0.4, -0.2) is 48.6 Å². The van der Waals surface area contributed by atoms with Crippen molar-refractivity contribution in [2.45, 2.75) is 72.6 Å². The topological polar surface area (TPSA) is 108 Å². The highest BCUT2D eigenvalue weighted by Crippen LogP contribution is 2.33. The highest BCUT2D eigenvalue weighted by atomic mass is 16.7. The molecule has 0 saturated heterocycles. The minimum Gasteiger partial charge on any atom is -0.494 e. The molecule has 1 atom stereocenters. The molecule has 10 heteroatoms. The maximum atomic E-state index is 13.2. The molecule has 0 aliphatic rings. The fourth-order valence-electron chi connectivity index (χ4n) is 3.98. The number of carbonyl (C=O) groups is 2. The average molecular weight is 568 g/mol. The molecule has 0 bridgehead atoms. The molecule has 0 spiro atoms. The molecule has 10 nitrogen and oxygen atoms in total. The van der Waals surface area contributed by atoms with Crippen molar-refractivity contribution in [2.24, 2.45) is 0 Å². The summed E-state index contributed by atoms with van der Waals surface area (Å²) in [5.74, 6) is 0.971. The van der Waals surface area contributed by atoms with Crippen LogP contribution in [0.15, 0.2) is 48.7 Å². The molecule has 1 amide bonds. The number of hydrogen-bond acceptors (Lipinski definition) is 9. The van der Waals surface area contributed by atoms with Gasteiger partial charge < -0.3 is 24.3 Å². The van der Waals surface area contributed by atoms with Crippen molar-refractivity contribution >= 4 is 34.3 Å². The number of amides is 1. The zero-order chi connectivity index (χ0) is 30.4. The molecule has 0 fully saturated rings. The number of carbonyl (C=O) groups excluding carboxylic acids is 2. The molecule has 0 saturated carbocycles. The molecule has 3 rings (SSSR count). The number of fused-ring (bicyclic) bond motifs is 1. The van der Waals surface area contributed by atoms with E-state index in [1.165, 1.54) is 7.11 Å². The first-order valence-corrected chi connectivity index (χ1v) is 13.6. The number of benzene rings is 2. The van der Waals surface area contributed by atoms with E-state index in [1.807, 2.05) is 46.8 Å². The lowest BCUT2D eigenvalue weighted by Crippen LogP contribution is -2.42. The van der Waals surface area contributed by atoms with Crippen molar-refractivity contribution in [1.82, 2.24) is 4.98 Å². The summed E-state index contributed by atoms with van der Waals surface area (Å²) in [7, 11) is 1.34. The van der Waals surface area contributed by atoms with Gasteiger partial charge in [-0.05, 0) is 103 Å². The Morgan fingerprint density at radius 2 is 1.54 bits per heavy atom. The summed E-state index contributed by atoms with van der Waals surface area (Å²) in [5.41, 5.74) is -0.170. The van der Waals surface area contributed by atoms with Crippen molar-refractivity contribution in [3.8, 4) is 11.5 Å². The number of hydrogen-bond donors (Lipinski definition) is 1. The van der Waals surface area contributed by atoms with Gasteiger partial charge in [0.25, 0.3) is 0 Å². The summed E-state index contributed by atoms with van der Waals surface area (Å²) in [6.45, 7) is 15.6. The van der Waals surface area contributed by atoms with E-state index >= 15 is 0 Å². The van der Waals surface area contributed by atoms with Gasteiger partial charge in [0.1, 0.15) is 17.1 Å². The molecule has 1 unspecified atom stereocenters. The van der Waals surface area contributed by atoms with Gasteiger partial charge in [-0.1, -0.05) is 0 Å². The molecule has 0 radical (unpaired) electrons. The minimum absolute atomic E-state index is 0.286. The Balaban J connectivity index is 2.03. The predicted molar refractivity (Wildman–Crippen MR) is 158 cm³/mol. The van der Waals surface area contributed by atoms with Crippen LogP contribution < -0.4 is 19.9 Å². The molecule has 1 heterocycles. The number of ether oxygens (including phenoxy) is 4. The summed E-state index contributed by atoms with van der Waals surface area (Å²) in [4.78, 5) is 36.5. The van der Waals surface area contributed by atoms with Crippen LogP contribution in [0.2, 0.25) is 0 Å². The number of hydroxylamine groups is 1. The van der Waals surface area contributed by atoms with Gasteiger partial charge in [-0.3, -0.25) is 4.84 Å². The van der Waals surface area contributed by atoms with Gasteiger partial charge in [-0.15, -0.1) is 5.06 Å². The minimum atomic E-state index is -0.846. The third kappa shape index (κ3) is 8.72. The Kier molecular flexibility index (Phi) is 10.0. The number of pyridine rings is 1. The van der Waals surface area contributed by atoms with Crippen molar-refractivity contribution in [3.63, 3.8) is 0 Å². The molecule has 0 aliphatic heterocycles. The Morgan fingerprint density at radius 1 is 0.902 bits per heavy atom. The van der Waals surface area contributed by atoms with Crippen molar-refractivity contribution < 1.29 is 33.4 Å². The Morgan fingerprint density at radius 3 is 2.07 bits per heavy atom. The zero-order valence-corrected chi connectivity index (χ0v) is 25.4. The van der Waals surface area contributed by atoms with Gasteiger partial charge in [0.15, 0.2) is 11.9 Å². The van der Waals surface area contributed by atoms with E-state index in [2.05, 4.69) is 10.3 Å². The summed E-state index contributed by atoms with van der Waals surface area (Å²) in [6, 6.07) is 11.8. The maximum absolute atomic E-state index is 13.2. The average Bonchev–Trinajstić information content (AvgIpc) is 2.88. The second kappa shape index (κ2) is 13.1. The number of aromatic nitrogens is 1. The smallest absolute Gasteiger partial charge is 0.440 e. The van der Waals surface area contributed by atoms with Crippen LogP contribution in [0, 0.1) is 0 Å². The molecular formula is C31H41N3O7. The molecule has 3 aromatic rings. The Labute approximate surface area is 241 Å². The molecule has 0 aliphatic carbocycles. The lowest BCUT2D eigenvalue weighted by atomic mass is 10.0. The van der Waals surface area contributed by atoms with E-state index in [1.54, 1.807) is 57.3 Å². The number of rotatable bonds is 10. The van der Waals surface area contributed by atoms with Crippen LogP contribution >= 0.6 is 0 Å². The fraction of sp³-hybridized carbons (Fsp3) is 0.452. The maximum Gasteiger partial charge on any atom is 0.440 e. The van der Waals surface area contributed by atoms with Gasteiger partial charge in [-0.25, -0.2) is 14.6 Å². The second-order valence-electron chi connectivity index (χ2n) is 11.3. The van der Waals surface area contributed by atoms with E-state index in [4.69, 9.17) is 23.8 Å². The summed E-state index contributed by atoms with van der Waals surface area (Å²) in [6.07, 6.45) is 0.905. The first-order chi connectivity index (χ1) is 19.2. The van der Waals surface area contributed by atoms with E-state index in [-0.39, 0.29) is 5.82 Å². The SMILES string of the molecule is CCOc1cc(OCC)cc(C(Nc2ccc3c(N(OC(C)(C)C)C(=O)OC(C)(C)C)nccc3c2)C(=O)OC)c1. The fourth-order valence-corrected chi connectivity index (χ4v) is 3.98. The van der Waals surface area contributed by atoms with E-state index in [0.29, 0.717) is 41.3 Å².